The highest BCUT2D eigenvalue weighted by Gasteiger charge is 2.10. The molecular formula is C17H21NO3S. The summed E-state index contributed by atoms with van der Waals surface area (Å²) in [5.74, 6) is 0.630. The van der Waals surface area contributed by atoms with Crippen LogP contribution >= 0.6 is 0 Å². The van der Waals surface area contributed by atoms with E-state index in [1.807, 2.05) is 54.6 Å². The fourth-order valence-corrected chi connectivity index (χ4v) is 2.79. The Labute approximate surface area is 132 Å². The van der Waals surface area contributed by atoms with Gasteiger partial charge in [-0.3, -0.25) is 0 Å². The first-order valence-corrected chi connectivity index (χ1v) is 8.97. The number of sulfonamides is 1. The SMILES string of the molecule is CCc1ccc(OCCS(=O)(=O)NCc2ccccc2)cc1. The number of hydrogen-bond acceptors (Lipinski definition) is 3. The molecule has 0 radical (unpaired) electrons. The first-order valence-electron chi connectivity index (χ1n) is 7.32. The van der Waals surface area contributed by atoms with Gasteiger partial charge in [0.25, 0.3) is 0 Å². The maximum atomic E-state index is 11.9. The van der Waals surface area contributed by atoms with Crippen molar-refractivity contribution < 1.29 is 13.2 Å². The molecular weight excluding hydrogens is 298 g/mol. The van der Waals surface area contributed by atoms with E-state index in [1.165, 1.54) is 5.56 Å². The van der Waals surface area contributed by atoms with Crippen LogP contribution in [-0.2, 0) is 23.0 Å². The summed E-state index contributed by atoms with van der Waals surface area (Å²) in [6.45, 7) is 2.52. The summed E-state index contributed by atoms with van der Waals surface area (Å²) in [7, 11) is -3.34. The molecule has 5 heteroatoms. The van der Waals surface area contributed by atoms with Crippen LogP contribution in [0, 0.1) is 0 Å². The Bertz CT molecular complexity index is 667. The normalized spacial score (nSPS) is 11.3. The predicted octanol–water partition coefficient (Wildman–Crippen LogP) is 2.75. The summed E-state index contributed by atoms with van der Waals surface area (Å²) >= 11 is 0. The van der Waals surface area contributed by atoms with Gasteiger partial charge in [-0.2, -0.15) is 0 Å². The van der Waals surface area contributed by atoms with Crippen LogP contribution in [0.3, 0.4) is 0 Å². The minimum atomic E-state index is -3.34. The molecule has 0 aliphatic heterocycles. The highest BCUT2D eigenvalue weighted by molar-refractivity contribution is 7.89. The van der Waals surface area contributed by atoms with Gasteiger partial charge in [-0.05, 0) is 29.7 Å². The van der Waals surface area contributed by atoms with Gasteiger partial charge in [0.1, 0.15) is 12.4 Å². The Balaban J connectivity index is 1.77. The quantitative estimate of drug-likeness (QED) is 0.814. The summed E-state index contributed by atoms with van der Waals surface area (Å²) in [5.41, 5.74) is 2.16. The molecule has 0 bridgehead atoms. The van der Waals surface area contributed by atoms with Gasteiger partial charge in [-0.1, -0.05) is 49.4 Å². The van der Waals surface area contributed by atoms with Crippen molar-refractivity contribution in [2.24, 2.45) is 0 Å². The highest BCUT2D eigenvalue weighted by Crippen LogP contribution is 2.12. The summed E-state index contributed by atoms with van der Waals surface area (Å²) in [6.07, 6.45) is 0.970. The third-order valence-electron chi connectivity index (χ3n) is 3.29. The van der Waals surface area contributed by atoms with Gasteiger partial charge in [0.15, 0.2) is 0 Å². The summed E-state index contributed by atoms with van der Waals surface area (Å²) in [6, 6.07) is 17.1. The van der Waals surface area contributed by atoms with Crippen molar-refractivity contribution in [1.82, 2.24) is 4.72 Å². The van der Waals surface area contributed by atoms with Crippen LogP contribution in [0.1, 0.15) is 18.1 Å². The lowest BCUT2D eigenvalue weighted by atomic mass is 10.2. The molecule has 4 nitrogen and oxygen atoms in total. The monoisotopic (exact) mass is 319 g/mol. The molecule has 2 rings (SSSR count). The lowest BCUT2D eigenvalue weighted by Crippen LogP contribution is -2.28. The lowest BCUT2D eigenvalue weighted by Gasteiger charge is -2.09. The first kappa shape index (κ1) is 16.5. The van der Waals surface area contributed by atoms with E-state index in [1.54, 1.807) is 0 Å². The van der Waals surface area contributed by atoms with Crippen molar-refractivity contribution >= 4 is 10.0 Å². The van der Waals surface area contributed by atoms with Crippen LogP contribution in [0.4, 0.5) is 0 Å². The number of benzene rings is 2. The molecule has 0 fully saturated rings. The zero-order valence-electron chi connectivity index (χ0n) is 12.7. The number of rotatable bonds is 8. The van der Waals surface area contributed by atoms with Crippen LogP contribution in [0.5, 0.6) is 5.75 Å². The molecule has 0 saturated heterocycles. The molecule has 0 saturated carbocycles. The maximum Gasteiger partial charge on any atom is 0.215 e. The largest absolute Gasteiger partial charge is 0.492 e. The predicted molar refractivity (Wildman–Crippen MR) is 88.4 cm³/mol. The van der Waals surface area contributed by atoms with Crippen molar-refractivity contribution in [3.8, 4) is 5.75 Å². The van der Waals surface area contributed by atoms with Gasteiger partial charge >= 0.3 is 0 Å². The Morgan fingerprint density at radius 1 is 0.955 bits per heavy atom. The first-order chi connectivity index (χ1) is 10.6. The summed E-state index contributed by atoms with van der Waals surface area (Å²) in [5, 5.41) is 0. The number of aryl methyl sites for hydroxylation is 1. The molecule has 0 heterocycles. The molecule has 0 aliphatic rings. The van der Waals surface area contributed by atoms with E-state index in [9.17, 15) is 8.42 Å². The van der Waals surface area contributed by atoms with Crippen molar-refractivity contribution in [3.05, 3.63) is 65.7 Å². The second kappa shape index (κ2) is 7.96. The number of nitrogens with one attached hydrogen (secondary N) is 1. The van der Waals surface area contributed by atoms with E-state index < -0.39 is 10.0 Å². The Kier molecular flexibility index (Phi) is 5.98. The van der Waals surface area contributed by atoms with Gasteiger partial charge in [0.2, 0.25) is 10.0 Å². The van der Waals surface area contributed by atoms with E-state index in [0.29, 0.717) is 12.3 Å². The molecule has 2 aromatic carbocycles. The van der Waals surface area contributed by atoms with Gasteiger partial charge in [-0.25, -0.2) is 13.1 Å². The van der Waals surface area contributed by atoms with Crippen LogP contribution in [0.2, 0.25) is 0 Å². The van der Waals surface area contributed by atoms with Crippen molar-refractivity contribution in [1.29, 1.82) is 0 Å². The molecule has 0 spiro atoms. The molecule has 2 aromatic rings. The highest BCUT2D eigenvalue weighted by atomic mass is 32.2. The standard InChI is InChI=1S/C17H21NO3S/c1-2-15-8-10-17(11-9-15)21-12-13-22(19,20)18-14-16-6-4-3-5-7-16/h3-11,18H,2,12-14H2,1H3. The molecule has 22 heavy (non-hydrogen) atoms. The zero-order valence-corrected chi connectivity index (χ0v) is 13.5. The number of hydrogen-bond donors (Lipinski definition) is 1. The zero-order chi connectivity index (χ0) is 15.8. The topological polar surface area (TPSA) is 55.4 Å². The summed E-state index contributed by atoms with van der Waals surface area (Å²) < 4.78 is 31.9. The fourth-order valence-electron chi connectivity index (χ4n) is 1.95. The molecule has 0 atom stereocenters. The van der Waals surface area contributed by atoms with Gasteiger partial charge in [-0.15, -0.1) is 0 Å². The van der Waals surface area contributed by atoms with Crippen LogP contribution in [0.25, 0.3) is 0 Å². The Morgan fingerprint density at radius 2 is 1.64 bits per heavy atom. The van der Waals surface area contributed by atoms with E-state index in [4.69, 9.17) is 4.74 Å². The number of ether oxygens (including phenoxy) is 1. The smallest absolute Gasteiger partial charge is 0.215 e. The minimum absolute atomic E-state index is 0.0602. The molecule has 0 aromatic heterocycles. The second-order valence-electron chi connectivity index (χ2n) is 4.97. The average Bonchev–Trinajstić information content (AvgIpc) is 2.55. The molecule has 0 amide bonds. The van der Waals surface area contributed by atoms with Crippen LogP contribution < -0.4 is 9.46 Å². The lowest BCUT2D eigenvalue weighted by molar-refractivity contribution is 0.340. The van der Waals surface area contributed by atoms with E-state index in [2.05, 4.69) is 11.6 Å². The Hall–Kier alpha value is -1.85. The van der Waals surface area contributed by atoms with Crippen molar-refractivity contribution in [3.63, 3.8) is 0 Å². The van der Waals surface area contributed by atoms with Gasteiger partial charge < -0.3 is 4.74 Å². The average molecular weight is 319 g/mol. The van der Waals surface area contributed by atoms with Gasteiger partial charge in [0, 0.05) is 6.54 Å². The second-order valence-corrected chi connectivity index (χ2v) is 6.90. The third-order valence-corrected chi connectivity index (χ3v) is 4.58. The van der Waals surface area contributed by atoms with E-state index in [-0.39, 0.29) is 12.4 Å². The fraction of sp³-hybridized carbons (Fsp3) is 0.294. The minimum Gasteiger partial charge on any atom is -0.492 e. The van der Waals surface area contributed by atoms with Crippen molar-refractivity contribution in [2.75, 3.05) is 12.4 Å². The van der Waals surface area contributed by atoms with Gasteiger partial charge in [0.05, 0.1) is 5.75 Å². The molecule has 0 aliphatic carbocycles. The van der Waals surface area contributed by atoms with Crippen LogP contribution in [0.15, 0.2) is 54.6 Å². The van der Waals surface area contributed by atoms with Crippen LogP contribution in [-0.4, -0.2) is 20.8 Å². The Morgan fingerprint density at radius 3 is 2.27 bits per heavy atom. The molecule has 1 N–H and O–H groups in total. The maximum absolute atomic E-state index is 11.9. The van der Waals surface area contributed by atoms with E-state index >= 15 is 0 Å². The third kappa shape index (κ3) is 5.50. The molecule has 118 valence electrons. The molecule has 0 unspecified atom stereocenters. The van der Waals surface area contributed by atoms with E-state index in [0.717, 1.165) is 12.0 Å². The van der Waals surface area contributed by atoms with Crippen molar-refractivity contribution in [2.45, 2.75) is 19.9 Å². The summed E-state index contributed by atoms with van der Waals surface area (Å²) in [4.78, 5) is 0.